The molecule has 0 aliphatic rings. The van der Waals surface area contributed by atoms with Gasteiger partial charge in [-0.25, -0.2) is 4.59 Å². The fourth-order valence-electron chi connectivity index (χ4n) is 2.90. The lowest BCUT2D eigenvalue weighted by Gasteiger charge is -2.31. The molecule has 0 aromatic rings. The molecule has 0 aromatic carbocycles. The predicted molar refractivity (Wildman–Crippen MR) is 102 cm³/mol. The maximum absolute atomic E-state index is 11.7. The first-order valence-corrected chi connectivity index (χ1v) is 9.77. The van der Waals surface area contributed by atoms with Gasteiger partial charge in [0.2, 0.25) is 0 Å². The molecule has 0 saturated carbocycles. The Morgan fingerprint density at radius 2 is 1.46 bits per heavy atom. The third-order valence-corrected chi connectivity index (χ3v) is 4.35. The molecule has 0 bridgehead atoms. The van der Waals surface area contributed by atoms with Crippen LogP contribution < -0.4 is 5.43 Å². The van der Waals surface area contributed by atoms with Crippen LogP contribution >= 0.6 is 0 Å². The molecule has 0 saturated heterocycles. The summed E-state index contributed by atoms with van der Waals surface area (Å²) in [6.07, 6.45) is 13.5. The Kier molecular flexibility index (Phi) is 12.9. The predicted octanol–water partition coefficient (Wildman–Crippen LogP) is 4.34. The van der Waals surface area contributed by atoms with Crippen LogP contribution in [0.15, 0.2) is 12.2 Å². The van der Waals surface area contributed by atoms with Crippen molar-refractivity contribution in [2.45, 2.75) is 90.6 Å². The summed E-state index contributed by atoms with van der Waals surface area (Å²) in [5, 5.41) is 10.2. The zero-order valence-electron chi connectivity index (χ0n) is 16.6. The van der Waals surface area contributed by atoms with Gasteiger partial charge in [-0.3, -0.25) is 4.79 Å². The highest BCUT2D eigenvalue weighted by molar-refractivity contribution is 5.91. The Balaban J connectivity index is 3.63. The Hall–Kier alpha value is -0.870. The minimum absolute atomic E-state index is 0.161. The molecule has 142 valence electrons. The van der Waals surface area contributed by atoms with Crippen molar-refractivity contribution in [2.24, 2.45) is 0 Å². The van der Waals surface area contributed by atoms with Crippen LogP contribution in [0.5, 0.6) is 0 Å². The monoisotopic (exact) mass is 341 g/mol. The van der Waals surface area contributed by atoms with Gasteiger partial charge in [-0.2, -0.15) is 5.43 Å². The average molecular weight is 342 g/mol. The highest BCUT2D eigenvalue weighted by atomic mass is 16.3. The smallest absolute Gasteiger partial charge is 0.290 e. The number of carbonyl (C=O) groups is 1. The van der Waals surface area contributed by atoms with E-state index in [9.17, 15) is 9.90 Å². The van der Waals surface area contributed by atoms with Crippen molar-refractivity contribution in [3.05, 3.63) is 12.2 Å². The number of rotatable bonds is 15. The Labute approximate surface area is 149 Å². The fraction of sp³-hybridized carbons (Fsp3) is 0.850. The van der Waals surface area contributed by atoms with Gasteiger partial charge in [0.05, 0.1) is 14.1 Å². The van der Waals surface area contributed by atoms with E-state index in [1.165, 1.54) is 57.8 Å². The molecule has 1 atom stereocenters. The van der Waals surface area contributed by atoms with Crippen molar-refractivity contribution in [3.63, 3.8) is 0 Å². The summed E-state index contributed by atoms with van der Waals surface area (Å²) in [5.41, 5.74) is 3.36. The highest BCUT2D eigenvalue weighted by Gasteiger charge is 2.23. The topological polar surface area (TPSA) is 49.3 Å². The van der Waals surface area contributed by atoms with Crippen molar-refractivity contribution < 1.29 is 14.5 Å². The molecular formula is C20H41N2O2+. The van der Waals surface area contributed by atoms with Crippen molar-refractivity contribution in [1.82, 2.24) is 5.43 Å². The number of nitrogens with zero attached hydrogens (tertiary/aromatic N) is 1. The summed E-state index contributed by atoms with van der Waals surface area (Å²) in [6.45, 7) is 8.11. The van der Waals surface area contributed by atoms with E-state index in [4.69, 9.17) is 0 Å². The van der Waals surface area contributed by atoms with E-state index in [-0.39, 0.29) is 16.6 Å². The number of aliphatic hydroxyl groups is 1. The molecule has 0 spiro atoms. The highest BCUT2D eigenvalue weighted by Crippen LogP contribution is 2.12. The minimum atomic E-state index is -0.375. The number of quaternary nitrogens is 1. The van der Waals surface area contributed by atoms with Crippen LogP contribution in [-0.2, 0) is 4.79 Å². The number of aliphatic hydroxyl groups excluding tert-OH is 1. The Bertz CT molecular complexity index is 354. The quantitative estimate of drug-likeness (QED) is 0.201. The van der Waals surface area contributed by atoms with Gasteiger partial charge in [0, 0.05) is 5.57 Å². The first-order valence-electron chi connectivity index (χ1n) is 9.77. The second kappa shape index (κ2) is 13.4. The van der Waals surface area contributed by atoms with E-state index >= 15 is 0 Å². The average Bonchev–Trinajstić information content (AvgIpc) is 2.48. The fourth-order valence-corrected chi connectivity index (χ4v) is 2.90. The van der Waals surface area contributed by atoms with Crippen LogP contribution in [0.4, 0.5) is 0 Å². The van der Waals surface area contributed by atoms with Gasteiger partial charge in [-0.15, -0.1) is 0 Å². The number of amides is 1. The van der Waals surface area contributed by atoms with Crippen molar-refractivity contribution in [2.75, 3.05) is 20.6 Å². The lowest BCUT2D eigenvalue weighted by atomic mass is 10.0. The first-order chi connectivity index (χ1) is 11.3. The largest absolute Gasteiger partial charge is 0.387 e. The Morgan fingerprint density at radius 3 is 1.92 bits per heavy atom. The third-order valence-electron chi connectivity index (χ3n) is 4.35. The molecule has 1 amide bonds. The molecule has 0 heterocycles. The molecule has 4 heteroatoms. The van der Waals surface area contributed by atoms with E-state index < -0.39 is 0 Å². The maximum Gasteiger partial charge on any atom is 0.290 e. The molecule has 0 aliphatic carbocycles. The minimum Gasteiger partial charge on any atom is -0.387 e. The van der Waals surface area contributed by atoms with Crippen LogP contribution in [0.3, 0.4) is 0 Å². The molecule has 0 radical (unpaired) electrons. The van der Waals surface area contributed by atoms with Gasteiger partial charge in [0.15, 0.2) is 0 Å². The number of carbonyl (C=O) groups excluding carboxylic acids is 1. The number of hydrogen-bond donors (Lipinski definition) is 2. The molecule has 2 N–H and O–H groups in total. The molecular weight excluding hydrogens is 300 g/mol. The lowest BCUT2D eigenvalue weighted by Crippen LogP contribution is -2.57. The lowest BCUT2D eigenvalue weighted by molar-refractivity contribution is -0.927. The summed E-state index contributed by atoms with van der Waals surface area (Å²) >= 11 is 0. The van der Waals surface area contributed by atoms with Crippen molar-refractivity contribution in [3.8, 4) is 0 Å². The van der Waals surface area contributed by atoms with Gasteiger partial charge in [-0.1, -0.05) is 77.7 Å². The Morgan fingerprint density at radius 1 is 1.00 bits per heavy atom. The second-order valence-electron chi connectivity index (χ2n) is 7.71. The van der Waals surface area contributed by atoms with E-state index in [1.54, 1.807) is 6.92 Å². The van der Waals surface area contributed by atoms with E-state index in [1.807, 2.05) is 14.1 Å². The van der Waals surface area contributed by atoms with Gasteiger partial charge in [-0.05, 0) is 13.3 Å². The van der Waals surface area contributed by atoms with E-state index in [0.29, 0.717) is 12.1 Å². The van der Waals surface area contributed by atoms with Crippen LogP contribution in [-0.4, -0.2) is 42.3 Å². The van der Waals surface area contributed by atoms with Crippen LogP contribution in [0.25, 0.3) is 0 Å². The number of unbranched alkanes of at least 4 members (excludes halogenated alkanes) is 9. The summed E-state index contributed by atoms with van der Waals surface area (Å²) in [6, 6.07) is 0. The van der Waals surface area contributed by atoms with Gasteiger partial charge in [0.1, 0.15) is 12.6 Å². The third kappa shape index (κ3) is 13.6. The zero-order valence-corrected chi connectivity index (χ0v) is 16.6. The van der Waals surface area contributed by atoms with Gasteiger partial charge < -0.3 is 5.11 Å². The maximum atomic E-state index is 11.7. The standard InChI is InChI=1S/C20H40N2O2/c1-6-7-8-9-10-11-12-13-14-15-16-19(23)17-22(4,5)21-20(24)18(2)3/h19,23H,2,6-17H2,1,3-5H3/p+1. The SMILES string of the molecule is C=C(C)C(=O)N[N+](C)(C)CC(O)CCCCCCCCCCCC. The number of hydrogen-bond acceptors (Lipinski definition) is 2. The molecule has 0 fully saturated rings. The van der Waals surface area contributed by atoms with Crippen LogP contribution in [0.2, 0.25) is 0 Å². The summed E-state index contributed by atoms with van der Waals surface area (Å²) in [7, 11) is 3.78. The summed E-state index contributed by atoms with van der Waals surface area (Å²) in [4.78, 5) is 11.7. The summed E-state index contributed by atoms with van der Waals surface area (Å²) in [5.74, 6) is -0.161. The van der Waals surface area contributed by atoms with Crippen molar-refractivity contribution in [1.29, 1.82) is 0 Å². The summed E-state index contributed by atoms with van der Waals surface area (Å²) < 4.78 is 0.282. The van der Waals surface area contributed by atoms with E-state index in [0.717, 1.165) is 12.8 Å². The molecule has 0 aliphatic heterocycles. The second-order valence-corrected chi connectivity index (χ2v) is 7.71. The first kappa shape index (κ1) is 23.1. The molecule has 1 unspecified atom stereocenters. The molecule has 0 rings (SSSR count). The molecule has 24 heavy (non-hydrogen) atoms. The zero-order chi connectivity index (χ0) is 18.4. The van der Waals surface area contributed by atoms with Gasteiger partial charge in [0.25, 0.3) is 5.91 Å². The molecule has 4 nitrogen and oxygen atoms in total. The van der Waals surface area contributed by atoms with Gasteiger partial charge >= 0.3 is 0 Å². The molecule has 0 aromatic heterocycles. The number of likely N-dealkylation sites (N-methyl/N-ethyl adjacent to an activating group) is 1. The van der Waals surface area contributed by atoms with Crippen molar-refractivity contribution >= 4 is 5.91 Å². The van der Waals surface area contributed by atoms with Crippen LogP contribution in [0, 0.1) is 0 Å². The van der Waals surface area contributed by atoms with Crippen LogP contribution in [0.1, 0.15) is 84.5 Å². The normalized spacial score (nSPS) is 12.9. The number of nitrogens with one attached hydrogen (secondary N) is 1. The van der Waals surface area contributed by atoms with E-state index in [2.05, 4.69) is 18.9 Å².